The molecule has 2 aromatic carbocycles. The SMILES string of the molecule is CC1=C(C/C=C(\C)CC/C=C(\C)CNc2ccc(C)cc2)C(=O)c2ccccc2C1=O. The van der Waals surface area contributed by atoms with Gasteiger partial charge in [0.05, 0.1) is 0 Å². The minimum absolute atomic E-state index is 0.0188. The molecule has 3 heteroatoms. The van der Waals surface area contributed by atoms with Gasteiger partial charge in [0, 0.05) is 34.5 Å². The van der Waals surface area contributed by atoms with Gasteiger partial charge in [0.25, 0.3) is 0 Å². The van der Waals surface area contributed by atoms with Crippen molar-refractivity contribution in [2.24, 2.45) is 0 Å². The quantitative estimate of drug-likeness (QED) is 0.481. The van der Waals surface area contributed by atoms with Crippen LogP contribution in [0.5, 0.6) is 0 Å². The highest BCUT2D eigenvalue weighted by Gasteiger charge is 2.28. The second kappa shape index (κ2) is 10.2. The van der Waals surface area contributed by atoms with Gasteiger partial charge in [0.2, 0.25) is 0 Å². The Morgan fingerprint density at radius 1 is 0.839 bits per heavy atom. The van der Waals surface area contributed by atoms with Crippen LogP contribution in [-0.4, -0.2) is 18.1 Å². The number of hydrogen-bond acceptors (Lipinski definition) is 3. The number of nitrogens with one attached hydrogen (secondary N) is 1. The summed E-state index contributed by atoms with van der Waals surface area (Å²) in [7, 11) is 0. The molecule has 0 spiro atoms. The molecule has 0 radical (unpaired) electrons. The number of hydrogen-bond donors (Lipinski definition) is 1. The molecular weight excluding hydrogens is 382 g/mol. The molecule has 0 atom stereocenters. The van der Waals surface area contributed by atoms with Crippen LogP contribution in [0.3, 0.4) is 0 Å². The number of ketones is 2. The van der Waals surface area contributed by atoms with E-state index < -0.39 is 0 Å². The van der Waals surface area contributed by atoms with E-state index in [2.05, 4.69) is 62.5 Å². The van der Waals surface area contributed by atoms with Crippen molar-refractivity contribution in [3.8, 4) is 0 Å². The Bertz CT molecular complexity index is 1070. The highest BCUT2D eigenvalue weighted by molar-refractivity contribution is 6.26. The van der Waals surface area contributed by atoms with Crippen LogP contribution in [0.2, 0.25) is 0 Å². The Labute approximate surface area is 185 Å². The molecule has 160 valence electrons. The van der Waals surface area contributed by atoms with E-state index in [9.17, 15) is 9.59 Å². The van der Waals surface area contributed by atoms with Gasteiger partial charge in [0.1, 0.15) is 0 Å². The standard InChI is InChI=1S/C28H31NO2/c1-19(8-7-9-21(3)18-29-23-15-12-20(2)13-16-23)14-17-24-22(4)27(30)25-10-5-6-11-26(25)28(24)31/h5-6,9-16,29H,7-8,17-18H2,1-4H3/b19-14+,21-9+. The third kappa shape index (κ3) is 5.69. The average molecular weight is 414 g/mol. The number of carbonyl (C=O) groups excluding carboxylic acids is 2. The van der Waals surface area contributed by atoms with Crippen molar-refractivity contribution in [3.63, 3.8) is 0 Å². The van der Waals surface area contributed by atoms with E-state index in [0.29, 0.717) is 28.7 Å². The van der Waals surface area contributed by atoms with Crippen LogP contribution in [-0.2, 0) is 0 Å². The molecule has 0 saturated heterocycles. The Morgan fingerprint density at radius 2 is 1.48 bits per heavy atom. The maximum atomic E-state index is 12.8. The number of aryl methyl sites for hydroxylation is 1. The molecule has 0 amide bonds. The molecule has 0 fully saturated rings. The molecule has 0 bridgehead atoms. The van der Waals surface area contributed by atoms with Crippen molar-refractivity contribution < 1.29 is 9.59 Å². The van der Waals surface area contributed by atoms with Crippen LogP contribution >= 0.6 is 0 Å². The lowest BCUT2D eigenvalue weighted by molar-refractivity contribution is 0.0973. The molecule has 0 aliphatic heterocycles. The predicted molar refractivity (Wildman–Crippen MR) is 129 cm³/mol. The molecule has 31 heavy (non-hydrogen) atoms. The van der Waals surface area contributed by atoms with E-state index in [0.717, 1.165) is 25.1 Å². The van der Waals surface area contributed by atoms with Crippen LogP contribution in [0.15, 0.2) is 83.0 Å². The molecule has 0 aromatic heterocycles. The fourth-order valence-corrected chi connectivity index (χ4v) is 3.71. The number of carbonyl (C=O) groups is 2. The normalized spacial score (nSPS) is 14.7. The van der Waals surface area contributed by atoms with Crippen molar-refractivity contribution in [1.29, 1.82) is 0 Å². The first-order chi connectivity index (χ1) is 14.9. The highest BCUT2D eigenvalue weighted by Crippen LogP contribution is 2.28. The molecule has 1 aliphatic rings. The lowest BCUT2D eigenvalue weighted by Crippen LogP contribution is -2.20. The summed E-state index contributed by atoms with van der Waals surface area (Å²) >= 11 is 0. The first kappa shape index (κ1) is 22.5. The summed E-state index contributed by atoms with van der Waals surface area (Å²) in [5, 5.41) is 3.44. The largest absolute Gasteiger partial charge is 0.381 e. The minimum Gasteiger partial charge on any atom is -0.381 e. The summed E-state index contributed by atoms with van der Waals surface area (Å²) in [6.07, 6.45) is 6.75. The van der Waals surface area contributed by atoms with Crippen molar-refractivity contribution in [1.82, 2.24) is 0 Å². The maximum Gasteiger partial charge on any atom is 0.190 e. The number of anilines is 1. The van der Waals surface area contributed by atoms with E-state index in [-0.39, 0.29) is 11.6 Å². The zero-order valence-corrected chi connectivity index (χ0v) is 18.9. The highest BCUT2D eigenvalue weighted by atomic mass is 16.1. The lowest BCUT2D eigenvalue weighted by atomic mass is 9.83. The van der Waals surface area contributed by atoms with E-state index >= 15 is 0 Å². The van der Waals surface area contributed by atoms with Gasteiger partial charge in [-0.1, -0.05) is 65.3 Å². The first-order valence-corrected chi connectivity index (χ1v) is 10.9. The number of fused-ring (bicyclic) bond motifs is 1. The zero-order chi connectivity index (χ0) is 22.4. The molecule has 3 nitrogen and oxygen atoms in total. The van der Waals surface area contributed by atoms with Crippen molar-refractivity contribution in [2.45, 2.75) is 47.0 Å². The van der Waals surface area contributed by atoms with Crippen LogP contribution < -0.4 is 5.32 Å². The molecular formula is C28H31NO2. The average Bonchev–Trinajstić information content (AvgIpc) is 2.77. The first-order valence-electron chi connectivity index (χ1n) is 10.9. The second-order valence-electron chi connectivity index (χ2n) is 8.37. The van der Waals surface area contributed by atoms with Crippen LogP contribution in [0.1, 0.15) is 66.3 Å². The third-order valence-corrected chi connectivity index (χ3v) is 5.79. The predicted octanol–water partition coefficient (Wildman–Crippen LogP) is 6.87. The minimum atomic E-state index is -0.0316. The van der Waals surface area contributed by atoms with Crippen molar-refractivity contribution in [2.75, 3.05) is 11.9 Å². The van der Waals surface area contributed by atoms with Crippen molar-refractivity contribution in [3.05, 3.63) is 99.7 Å². The number of benzene rings is 2. The van der Waals surface area contributed by atoms with E-state index in [1.807, 2.05) is 6.07 Å². The van der Waals surface area contributed by atoms with Gasteiger partial charge >= 0.3 is 0 Å². The Balaban J connectivity index is 1.53. The maximum absolute atomic E-state index is 12.8. The Morgan fingerprint density at radius 3 is 2.16 bits per heavy atom. The monoisotopic (exact) mass is 413 g/mol. The third-order valence-electron chi connectivity index (χ3n) is 5.79. The van der Waals surface area contributed by atoms with Crippen LogP contribution in [0.25, 0.3) is 0 Å². The summed E-state index contributed by atoms with van der Waals surface area (Å²) in [5.74, 6) is -0.0504. The topological polar surface area (TPSA) is 46.2 Å². The molecule has 0 unspecified atom stereocenters. The number of Topliss-reactive ketones (excluding diaryl/α,β-unsaturated/α-hetero) is 2. The van der Waals surface area contributed by atoms with Gasteiger partial charge in [-0.05, 0) is 59.1 Å². The zero-order valence-electron chi connectivity index (χ0n) is 18.9. The number of rotatable bonds is 8. The summed E-state index contributed by atoms with van der Waals surface area (Å²) in [6, 6.07) is 15.5. The van der Waals surface area contributed by atoms with Gasteiger partial charge in [-0.15, -0.1) is 0 Å². The van der Waals surface area contributed by atoms with Crippen LogP contribution in [0.4, 0.5) is 5.69 Å². The summed E-state index contributed by atoms with van der Waals surface area (Å²) in [4.78, 5) is 25.4. The summed E-state index contributed by atoms with van der Waals surface area (Å²) in [5.41, 5.74) is 7.17. The fraction of sp³-hybridized carbons (Fsp3) is 0.286. The van der Waals surface area contributed by atoms with Gasteiger partial charge < -0.3 is 5.32 Å². The van der Waals surface area contributed by atoms with Gasteiger partial charge in [-0.2, -0.15) is 0 Å². The van der Waals surface area contributed by atoms with Gasteiger partial charge in [0.15, 0.2) is 11.6 Å². The lowest BCUT2D eigenvalue weighted by Gasteiger charge is -2.18. The molecule has 0 heterocycles. The van der Waals surface area contributed by atoms with E-state index in [4.69, 9.17) is 0 Å². The molecule has 2 aromatic rings. The molecule has 0 saturated carbocycles. The Hall–Kier alpha value is -3.20. The van der Waals surface area contributed by atoms with Gasteiger partial charge in [-0.25, -0.2) is 0 Å². The van der Waals surface area contributed by atoms with E-state index in [1.165, 1.54) is 16.7 Å². The molecule has 1 N–H and O–H groups in total. The number of allylic oxidation sites excluding steroid dienone is 5. The smallest absolute Gasteiger partial charge is 0.190 e. The summed E-state index contributed by atoms with van der Waals surface area (Å²) < 4.78 is 0. The molecule has 1 aliphatic carbocycles. The Kier molecular flexibility index (Phi) is 7.41. The fourth-order valence-electron chi connectivity index (χ4n) is 3.71. The van der Waals surface area contributed by atoms with Crippen LogP contribution in [0, 0.1) is 6.92 Å². The second-order valence-corrected chi connectivity index (χ2v) is 8.37. The molecule has 3 rings (SSSR count). The van der Waals surface area contributed by atoms with Gasteiger partial charge in [-0.3, -0.25) is 9.59 Å². The van der Waals surface area contributed by atoms with Crippen molar-refractivity contribution >= 4 is 17.3 Å². The van der Waals surface area contributed by atoms with E-state index in [1.54, 1.807) is 25.1 Å². The summed E-state index contributed by atoms with van der Waals surface area (Å²) in [6.45, 7) is 8.91.